The van der Waals surface area contributed by atoms with Gasteiger partial charge in [0, 0.05) is 17.3 Å². The summed E-state index contributed by atoms with van der Waals surface area (Å²) in [6.45, 7) is 9.80. The van der Waals surface area contributed by atoms with Gasteiger partial charge >= 0.3 is 0 Å². The third kappa shape index (κ3) is 4.68. The normalized spacial score (nSPS) is 11.5. The van der Waals surface area contributed by atoms with E-state index in [2.05, 4.69) is 40.6 Å². The summed E-state index contributed by atoms with van der Waals surface area (Å²) in [5.74, 6) is 0. The molecule has 3 nitrogen and oxygen atoms in total. The highest BCUT2D eigenvalue weighted by molar-refractivity contribution is 7.14. The standard InChI is InChI=1S/C23H21N3S/c1-4-6-10-18(5-2)20-13-14-21(24-15-20)22-16-27-23(26-22)25-17(3)19-11-8-7-9-12-19/h4-16H,1,3H2,2H3,(H,25,26)/b10-6-,18-5+. The van der Waals surface area contributed by atoms with Crippen molar-refractivity contribution in [3.63, 3.8) is 0 Å². The Kier molecular flexibility index (Phi) is 6.13. The Bertz CT molecular complexity index is 980. The molecule has 2 aromatic heterocycles. The number of rotatable bonds is 7. The molecule has 3 aromatic rings. The van der Waals surface area contributed by atoms with E-state index in [0.29, 0.717) is 0 Å². The molecule has 0 atom stereocenters. The first-order chi connectivity index (χ1) is 13.2. The van der Waals surface area contributed by atoms with Crippen LogP contribution in [0.1, 0.15) is 18.1 Å². The van der Waals surface area contributed by atoms with E-state index in [9.17, 15) is 0 Å². The molecule has 0 radical (unpaired) electrons. The van der Waals surface area contributed by atoms with E-state index in [0.717, 1.165) is 38.9 Å². The Morgan fingerprint density at radius 2 is 1.89 bits per heavy atom. The van der Waals surface area contributed by atoms with Gasteiger partial charge in [0.2, 0.25) is 0 Å². The molecule has 0 aliphatic carbocycles. The fourth-order valence-electron chi connectivity index (χ4n) is 2.54. The molecule has 0 saturated heterocycles. The molecule has 2 heterocycles. The maximum absolute atomic E-state index is 4.63. The lowest BCUT2D eigenvalue weighted by atomic mass is 10.1. The van der Waals surface area contributed by atoms with Gasteiger partial charge in [-0.15, -0.1) is 11.3 Å². The minimum absolute atomic E-state index is 0.799. The second-order valence-corrected chi connectivity index (χ2v) is 6.64. The molecule has 0 aliphatic rings. The van der Waals surface area contributed by atoms with Crippen LogP contribution < -0.4 is 5.32 Å². The highest BCUT2D eigenvalue weighted by Crippen LogP contribution is 2.27. The zero-order valence-electron chi connectivity index (χ0n) is 15.2. The molecule has 3 rings (SSSR count). The molecular weight excluding hydrogens is 350 g/mol. The molecule has 0 saturated carbocycles. The van der Waals surface area contributed by atoms with Crippen molar-refractivity contribution < 1.29 is 0 Å². The zero-order chi connectivity index (χ0) is 19.1. The largest absolute Gasteiger partial charge is 0.332 e. The van der Waals surface area contributed by atoms with Gasteiger partial charge in [-0.3, -0.25) is 4.98 Å². The summed E-state index contributed by atoms with van der Waals surface area (Å²) in [7, 11) is 0. The number of hydrogen-bond donors (Lipinski definition) is 1. The van der Waals surface area contributed by atoms with Crippen molar-refractivity contribution in [1.82, 2.24) is 9.97 Å². The van der Waals surface area contributed by atoms with E-state index in [1.807, 2.05) is 67.1 Å². The lowest BCUT2D eigenvalue weighted by Gasteiger charge is -2.06. The molecule has 0 fully saturated rings. The van der Waals surface area contributed by atoms with Crippen molar-refractivity contribution in [2.45, 2.75) is 6.92 Å². The van der Waals surface area contributed by atoms with Gasteiger partial charge in [0.05, 0.1) is 5.69 Å². The molecule has 1 aromatic carbocycles. The Morgan fingerprint density at radius 3 is 2.56 bits per heavy atom. The third-order valence-electron chi connectivity index (χ3n) is 3.97. The van der Waals surface area contributed by atoms with Crippen molar-refractivity contribution in [2.75, 3.05) is 5.32 Å². The lowest BCUT2D eigenvalue weighted by Crippen LogP contribution is -1.96. The number of hydrogen-bond acceptors (Lipinski definition) is 4. The van der Waals surface area contributed by atoms with E-state index in [1.54, 1.807) is 6.08 Å². The fourth-order valence-corrected chi connectivity index (χ4v) is 3.27. The van der Waals surface area contributed by atoms with Crippen LogP contribution in [0.4, 0.5) is 5.13 Å². The van der Waals surface area contributed by atoms with Gasteiger partial charge < -0.3 is 5.32 Å². The van der Waals surface area contributed by atoms with Crippen LogP contribution in [0.2, 0.25) is 0 Å². The number of nitrogens with zero attached hydrogens (tertiary/aromatic N) is 2. The van der Waals surface area contributed by atoms with Gasteiger partial charge in [0.15, 0.2) is 5.13 Å². The SMILES string of the molecule is C=C/C=C\C(=C/C)c1ccc(-c2csc(NC(=C)c3ccccc3)n2)nc1. The molecule has 0 aliphatic heterocycles. The number of anilines is 1. The molecule has 27 heavy (non-hydrogen) atoms. The summed E-state index contributed by atoms with van der Waals surface area (Å²) in [4.78, 5) is 9.20. The quantitative estimate of drug-likeness (QED) is 0.486. The predicted octanol–water partition coefficient (Wildman–Crippen LogP) is 6.43. The van der Waals surface area contributed by atoms with Crippen LogP contribution in [0.5, 0.6) is 0 Å². The molecule has 0 amide bonds. The van der Waals surface area contributed by atoms with E-state index >= 15 is 0 Å². The maximum atomic E-state index is 4.63. The molecule has 0 bridgehead atoms. The average Bonchev–Trinajstić information content (AvgIpc) is 3.18. The predicted molar refractivity (Wildman–Crippen MR) is 117 cm³/mol. The van der Waals surface area contributed by atoms with E-state index in [4.69, 9.17) is 0 Å². The van der Waals surface area contributed by atoms with Crippen molar-refractivity contribution in [2.24, 2.45) is 0 Å². The topological polar surface area (TPSA) is 37.8 Å². The number of benzene rings is 1. The smallest absolute Gasteiger partial charge is 0.187 e. The van der Waals surface area contributed by atoms with Crippen molar-refractivity contribution in [1.29, 1.82) is 0 Å². The van der Waals surface area contributed by atoms with Gasteiger partial charge in [-0.2, -0.15) is 0 Å². The summed E-state index contributed by atoms with van der Waals surface area (Å²) in [5, 5.41) is 6.06. The molecule has 1 N–H and O–H groups in total. The molecule has 0 spiro atoms. The number of aromatic nitrogens is 2. The first-order valence-corrected chi connectivity index (χ1v) is 9.48. The molecule has 0 unspecified atom stereocenters. The highest BCUT2D eigenvalue weighted by Gasteiger charge is 2.08. The average molecular weight is 372 g/mol. The number of pyridine rings is 1. The summed E-state index contributed by atoms with van der Waals surface area (Å²) in [6, 6.07) is 14.0. The Hall–Kier alpha value is -3.24. The Morgan fingerprint density at radius 1 is 1.07 bits per heavy atom. The van der Waals surface area contributed by atoms with Crippen LogP contribution in [0, 0.1) is 0 Å². The van der Waals surface area contributed by atoms with Crippen LogP contribution in [-0.4, -0.2) is 9.97 Å². The van der Waals surface area contributed by atoms with Gasteiger partial charge in [-0.05, 0) is 29.7 Å². The molecule has 4 heteroatoms. The van der Waals surface area contributed by atoms with E-state index < -0.39 is 0 Å². The third-order valence-corrected chi connectivity index (χ3v) is 4.72. The van der Waals surface area contributed by atoms with Crippen LogP contribution >= 0.6 is 11.3 Å². The van der Waals surface area contributed by atoms with E-state index in [1.165, 1.54) is 11.3 Å². The van der Waals surface area contributed by atoms with Gasteiger partial charge in [0.25, 0.3) is 0 Å². The highest BCUT2D eigenvalue weighted by atomic mass is 32.1. The number of thiazole rings is 1. The minimum atomic E-state index is 0.799. The first kappa shape index (κ1) is 18.5. The second-order valence-electron chi connectivity index (χ2n) is 5.78. The van der Waals surface area contributed by atoms with Crippen LogP contribution in [0.25, 0.3) is 22.7 Å². The van der Waals surface area contributed by atoms with Gasteiger partial charge in [-0.25, -0.2) is 4.98 Å². The van der Waals surface area contributed by atoms with Crippen molar-refractivity contribution in [3.05, 3.63) is 103 Å². The zero-order valence-corrected chi connectivity index (χ0v) is 16.0. The first-order valence-electron chi connectivity index (χ1n) is 8.60. The van der Waals surface area contributed by atoms with Gasteiger partial charge in [0.1, 0.15) is 5.69 Å². The summed E-state index contributed by atoms with van der Waals surface area (Å²) < 4.78 is 0. The fraction of sp³-hybridized carbons (Fsp3) is 0.0435. The number of nitrogens with one attached hydrogen (secondary N) is 1. The minimum Gasteiger partial charge on any atom is -0.332 e. The van der Waals surface area contributed by atoms with Crippen LogP contribution in [0.15, 0.2) is 91.5 Å². The van der Waals surface area contributed by atoms with Gasteiger partial charge in [-0.1, -0.05) is 73.9 Å². The maximum Gasteiger partial charge on any atom is 0.187 e. The summed E-state index contributed by atoms with van der Waals surface area (Å²) in [6.07, 6.45) is 9.62. The monoisotopic (exact) mass is 371 g/mol. The second kappa shape index (κ2) is 8.92. The molecular formula is C23H21N3S. The number of allylic oxidation sites excluding steroid dienone is 5. The van der Waals surface area contributed by atoms with Crippen molar-refractivity contribution in [3.8, 4) is 11.4 Å². The Labute approximate surface area is 164 Å². The van der Waals surface area contributed by atoms with Crippen molar-refractivity contribution >= 4 is 27.7 Å². The van der Waals surface area contributed by atoms with E-state index in [-0.39, 0.29) is 0 Å². The Balaban J connectivity index is 1.74. The van der Waals surface area contributed by atoms with Crippen LogP contribution in [-0.2, 0) is 0 Å². The molecule has 134 valence electrons. The summed E-state index contributed by atoms with van der Waals surface area (Å²) >= 11 is 1.54. The van der Waals surface area contributed by atoms with Crippen LogP contribution in [0.3, 0.4) is 0 Å². The lowest BCUT2D eigenvalue weighted by molar-refractivity contribution is 1.27. The summed E-state index contributed by atoms with van der Waals surface area (Å²) in [5.41, 5.74) is 5.73.